The number of aliphatic imine (C=N–C) groups is 1. The Labute approximate surface area is 142 Å². The second-order valence-corrected chi connectivity index (χ2v) is 6.34. The largest absolute Gasteiger partial charge is 0.300 e. The van der Waals surface area contributed by atoms with Gasteiger partial charge in [-0.1, -0.05) is 53.5 Å². The van der Waals surface area contributed by atoms with E-state index in [0.717, 1.165) is 5.56 Å². The zero-order valence-electron chi connectivity index (χ0n) is 11.2. The van der Waals surface area contributed by atoms with Crippen LogP contribution in [0.25, 0.3) is 6.08 Å². The molecular formula is C16H10Cl2N2OS. The molecule has 22 heavy (non-hydrogen) atoms. The maximum atomic E-state index is 12.0. The van der Waals surface area contributed by atoms with E-state index < -0.39 is 0 Å². The van der Waals surface area contributed by atoms with Crippen molar-refractivity contribution >= 4 is 57.8 Å². The van der Waals surface area contributed by atoms with Crippen LogP contribution in [0.5, 0.6) is 0 Å². The van der Waals surface area contributed by atoms with Crippen molar-refractivity contribution < 1.29 is 4.79 Å². The molecule has 1 amide bonds. The van der Waals surface area contributed by atoms with E-state index in [1.165, 1.54) is 11.8 Å². The summed E-state index contributed by atoms with van der Waals surface area (Å²) < 4.78 is 0. The van der Waals surface area contributed by atoms with E-state index in [9.17, 15) is 4.79 Å². The van der Waals surface area contributed by atoms with E-state index in [2.05, 4.69) is 10.3 Å². The Balaban J connectivity index is 1.83. The first-order chi connectivity index (χ1) is 10.6. The summed E-state index contributed by atoms with van der Waals surface area (Å²) >= 11 is 13.1. The van der Waals surface area contributed by atoms with Crippen LogP contribution >= 0.6 is 35.0 Å². The standard InChI is InChI=1S/C16H10Cl2N2OS/c17-12-7-6-11(9-13(12)18)19-16-20-15(21)14(22-16)8-10-4-2-1-3-5-10/h1-9H,(H,19,20,21)/b14-8+. The lowest BCUT2D eigenvalue weighted by Crippen LogP contribution is -2.19. The molecule has 1 saturated heterocycles. The molecule has 2 aromatic carbocycles. The molecule has 2 aromatic rings. The molecule has 6 heteroatoms. The summed E-state index contributed by atoms with van der Waals surface area (Å²) in [6.07, 6.45) is 1.83. The second kappa shape index (κ2) is 6.57. The van der Waals surface area contributed by atoms with Gasteiger partial charge < -0.3 is 5.32 Å². The van der Waals surface area contributed by atoms with E-state index in [1.807, 2.05) is 36.4 Å². The van der Waals surface area contributed by atoms with Crippen molar-refractivity contribution in [2.75, 3.05) is 0 Å². The number of hydrogen-bond acceptors (Lipinski definition) is 3. The number of nitrogens with one attached hydrogen (secondary N) is 1. The topological polar surface area (TPSA) is 41.5 Å². The highest BCUT2D eigenvalue weighted by Crippen LogP contribution is 2.30. The van der Waals surface area contributed by atoms with Gasteiger partial charge in [-0.25, -0.2) is 4.99 Å². The van der Waals surface area contributed by atoms with Crippen LogP contribution in [0, 0.1) is 0 Å². The molecule has 0 atom stereocenters. The van der Waals surface area contributed by atoms with Gasteiger partial charge in [-0.05, 0) is 41.6 Å². The van der Waals surface area contributed by atoms with Gasteiger partial charge in [0.15, 0.2) is 5.17 Å². The van der Waals surface area contributed by atoms with Gasteiger partial charge in [-0.3, -0.25) is 4.79 Å². The van der Waals surface area contributed by atoms with Gasteiger partial charge in [0.2, 0.25) is 0 Å². The predicted octanol–water partition coefficient (Wildman–Crippen LogP) is 4.89. The minimum absolute atomic E-state index is 0.160. The molecule has 0 unspecified atom stereocenters. The summed E-state index contributed by atoms with van der Waals surface area (Å²) in [4.78, 5) is 16.9. The Morgan fingerprint density at radius 1 is 1.05 bits per heavy atom. The van der Waals surface area contributed by atoms with Crippen molar-refractivity contribution in [3.63, 3.8) is 0 Å². The third kappa shape index (κ3) is 3.53. The number of rotatable bonds is 2. The van der Waals surface area contributed by atoms with Gasteiger partial charge in [0.1, 0.15) is 0 Å². The van der Waals surface area contributed by atoms with Crippen molar-refractivity contribution in [3.05, 3.63) is 69.0 Å². The summed E-state index contributed by atoms with van der Waals surface area (Å²) in [5, 5.41) is 4.15. The summed E-state index contributed by atoms with van der Waals surface area (Å²) in [5.74, 6) is -0.160. The van der Waals surface area contributed by atoms with Crippen LogP contribution in [0.2, 0.25) is 10.0 Å². The van der Waals surface area contributed by atoms with E-state index in [1.54, 1.807) is 18.2 Å². The quantitative estimate of drug-likeness (QED) is 0.785. The smallest absolute Gasteiger partial charge is 0.264 e. The van der Waals surface area contributed by atoms with Crippen LogP contribution < -0.4 is 5.32 Å². The number of amidine groups is 1. The zero-order valence-corrected chi connectivity index (χ0v) is 13.5. The van der Waals surface area contributed by atoms with Crippen molar-refractivity contribution in [1.29, 1.82) is 0 Å². The number of carbonyl (C=O) groups is 1. The van der Waals surface area contributed by atoms with Crippen molar-refractivity contribution in [2.24, 2.45) is 4.99 Å². The van der Waals surface area contributed by atoms with Crippen molar-refractivity contribution in [2.45, 2.75) is 0 Å². The number of hydrogen-bond donors (Lipinski definition) is 1. The second-order valence-electron chi connectivity index (χ2n) is 4.49. The molecule has 3 nitrogen and oxygen atoms in total. The molecule has 110 valence electrons. The molecule has 1 N–H and O–H groups in total. The highest BCUT2D eigenvalue weighted by Gasteiger charge is 2.23. The highest BCUT2D eigenvalue weighted by atomic mass is 35.5. The lowest BCUT2D eigenvalue weighted by molar-refractivity contribution is -0.115. The highest BCUT2D eigenvalue weighted by molar-refractivity contribution is 8.18. The minimum atomic E-state index is -0.160. The number of amides is 1. The fourth-order valence-electron chi connectivity index (χ4n) is 1.85. The zero-order chi connectivity index (χ0) is 15.5. The molecule has 0 aromatic heterocycles. The summed E-state index contributed by atoms with van der Waals surface area (Å²) in [5.41, 5.74) is 1.61. The summed E-state index contributed by atoms with van der Waals surface area (Å²) in [6, 6.07) is 14.7. The van der Waals surface area contributed by atoms with Crippen LogP contribution in [0.15, 0.2) is 58.4 Å². The molecular weight excluding hydrogens is 339 g/mol. The fourth-order valence-corrected chi connectivity index (χ4v) is 2.99. The number of nitrogens with zero attached hydrogens (tertiary/aromatic N) is 1. The van der Waals surface area contributed by atoms with E-state index in [-0.39, 0.29) is 5.91 Å². The number of carbonyl (C=O) groups excluding carboxylic acids is 1. The SMILES string of the molecule is O=C1NC(=Nc2ccc(Cl)c(Cl)c2)S/C1=C/c1ccccc1. The first-order valence-electron chi connectivity index (χ1n) is 6.41. The minimum Gasteiger partial charge on any atom is -0.300 e. The van der Waals surface area contributed by atoms with Crippen LogP contribution in [0.3, 0.4) is 0 Å². The maximum absolute atomic E-state index is 12.0. The normalized spacial score (nSPS) is 18.0. The van der Waals surface area contributed by atoms with Gasteiger partial charge in [-0.2, -0.15) is 0 Å². The molecule has 0 aliphatic carbocycles. The molecule has 3 rings (SSSR count). The lowest BCUT2D eigenvalue weighted by Gasteiger charge is -1.98. The number of halogens is 2. The average Bonchev–Trinajstić information content (AvgIpc) is 2.84. The van der Waals surface area contributed by atoms with Gasteiger partial charge in [0.25, 0.3) is 5.91 Å². The lowest BCUT2D eigenvalue weighted by atomic mass is 10.2. The molecule has 1 heterocycles. The molecule has 0 saturated carbocycles. The van der Waals surface area contributed by atoms with Gasteiger partial charge in [0, 0.05) is 0 Å². The Hall–Kier alpha value is -1.75. The van der Waals surface area contributed by atoms with Crippen LogP contribution in [0.4, 0.5) is 5.69 Å². The van der Waals surface area contributed by atoms with Gasteiger partial charge in [0.05, 0.1) is 20.6 Å². The van der Waals surface area contributed by atoms with E-state index >= 15 is 0 Å². The van der Waals surface area contributed by atoms with E-state index in [0.29, 0.717) is 25.8 Å². The van der Waals surface area contributed by atoms with Crippen molar-refractivity contribution in [3.8, 4) is 0 Å². The Morgan fingerprint density at radius 3 is 2.55 bits per heavy atom. The van der Waals surface area contributed by atoms with Crippen molar-refractivity contribution in [1.82, 2.24) is 5.32 Å². The maximum Gasteiger partial charge on any atom is 0.264 e. The number of benzene rings is 2. The molecule has 1 aliphatic rings. The van der Waals surface area contributed by atoms with Crippen LogP contribution in [-0.4, -0.2) is 11.1 Å². The number of thioether (sulfide) groups is 1. The van der Waals surface area contributed by atoms with Crippen LogP contribution in [0.1, 0.15) is 5.56 Å². The molecule has 1 fully saturated rings. The first-order valence-corrected chi connectivity index (χ1v) is 7.99. The average molecular weight is 349 g/mol. The first kappa shape index (κ1) is 15.2. The molecule has 1 aliphatic heterocycles. The fraction of sp³-hybridized carbons (Fsp3) is 0. The van der Waals surface area contributed by atoms with Gasteiger partial charge in [-0.15, -0.1) is 0 Å². The molecule has 0 radical (unpaired) electrons. The molecule has 0 bridgehead atoms. The Morgan fingerprint density at radius 2 is 1.82 bits per heavy atom. The third-order valence-electron chi connectivity index (χ3n) is 2.88. The Bertz CT molecular complexity index is 788. The summed E-state index contributed by atoms with van der Waals surface area (Å²) in [7, 11) is 0. The van der Waals surface area contributed by atoms with E-state index in [4.69, 9.17) is 23.2 Å². The summed E-state index contributed by atoms with van der Waals surface area (Å²) in [6.45, 7) is 0. The predicted molar refractivity (Wildman–Crippen MR) is 93.7 cm³/mol. The monoisotopic (exact) mass is 348 g/mol. The van der Waals surface area contributed by atoms with Gasteiger partial charge >= 0.3 is 0 Å². The van der Waals surface area contributed by atoms with Crippen LogP contribution in [-0.2, 0) is 4.79 Å². The molecule has 0 spiro atoms. The Kier molecular flexibility index (Phi) is 4.52. The third-order valence-corrected chi connectivity index (χ3v) is 4.53.